The molecular weight excluding hydrogens is 252 g/mol. The molecule has 0 saturated heterocycles. The Balaban J connectivity index is 2.23. The lowest BCUT2D eigenvalue weighted by atomic mass is 10.2. The van der Waals surface area contributed by atoms with Gasteiger partial charge in [-0.25, -0.2) is 0 Å². The number of rotatable bonds is 8. The number of hydrogen-bond donors (Lipinski definition) is 2. The fraction of sp³-hybridized carbons (Fsp3) is 0.733. The molecular formula is C15H28N4O. The van der Waals surface area contributed by atoms with Crippen LogP contribution in [0, 0.1) is 13.8 Å². The first-order valence-electron chi connectivity index (χ1n) is 7.48. The van der Waals surface area contributed by atoms with Gasteiger partial charge in [-0.05, 0) is 53.1 Å². The smallest absolute Gasteiger partial charge is 0.237 e. The van der Waals surface area contributed by atoms with E-state index in [1.54, 1.807) is 0 Å². The van der Waals surface area contributed by atoms with Gasteiger partial charge in [-0.1, -0.05) is 6.92 Å². The lowest BCUT2D eigenvalue weighted by molar-refractivity contribution is -0.123. The van der Waals surface area contributed by atoms with E-state index in [4.69, 9.17) is 0 Å². The van der Waals surface area contributed by atoms with Crippen molar-refractivity contribution in [2.24, 2.45) is 0 Å². The van der Waals surface area contributed by atoms with Crippen molar-refractivity contribution in [1.29, 1.82) is 0 Å². The van der Waals surface area contributed by atoms with E-state index < -0.39 is 0 Å². The molecule has 2 N–H and O–H groups in total. The van der Waals surface area contributed by atoms with Crippen LogP contribution in [0.2, 0.25) is 0 Å². The van der Waals surface area contributed by atoms with Crippen molar-refractivity contribution in [1.82, 2.24) is 20.4 Å². The molecule has 1 heterocycles. The van der Waals surface area contributed by atoms with Gasteiger partial charge in [0.25, 0.3) is 0 Å². The van der Waals surface area contributed by atoms with Crippen LogP contribution in [-0.4, -0.2) is 34.3 Å². The second-order valence-electron chi connectivity index (χ2n) is 5.50. The molecule has 0 spiro atoms. The van der Waals surface area contributed by atoms with E-state index in [2.05, 4.69) is 35.6 Å². The summed E-state index contributed by atoms with van der Waals surface area (Å²) in [5, 5.41) is 10.7. The van der Waals surface area contributed by atoms with Crippen LogP contribution in [0.25, 0.3) is 0 Å². The Bertz CT molecular complexity index is 428. The van der Waals surface area contributed by atoms with E-state index in [0.29, 0.717) is 0 Å². The van der Waals surface area contributed by atoms with E-state index >= 15 is 0 Å². The monoisotopic (exact) mass is 280 g/mol. The Morgan fingerprint density at radius 1 is 1.40 bits per heavy atom. The summed E-state index contributed by atoms with van der Waals surface area (Å²) in [6.45, 7) is 11.8. The van der Waals surface area contributed by atoms with Crippen LogP contribution in [0.4, 0.5) is 0 Å². The molecule has 0 saturated carbocycles. The number of carbonyl (C=O) groups excluding carboxylic acids is 1. The molecule has 5 nitrogen and oxygen atoms in total. The molecule has 0 radical (unpaired) electrons. The summed E-state index contributed by atoms with van der Waals surface area (Å²) in [6, 6.07) is 2.17. The molecule has 20 heavy (non-hydrogen) atoms. The van der Waals surface area contributed by atoms with Gasteiger partial charge >= 0.3 is 0 Å². The third-order valence-electron chi connectivity index (χ3n) is 3.49. The summed E-state index contributed by atoms with van der Waals surface area (Å²) in [6.07, 6.45) is 1.92. The van der Waals surface area contributed by atoms with Crippen LogP contribution in [0.15, 0.2) is 6.07 Å². The first-order chi connectivity index (χ1) is 9.43. The van der Waals surface area contributed by atoms with Crippen molar-refractivity contribution in [3.63, 3.8) is 0 Å². The second-order valence-corrected chi connectivity index (χ2v) is 5.50. The number of nitrogens with zero attached hydrogens (tertiary/aromatic N) is 2. The lowest BCUT2D eigenvalue weighted by Gasteiger charge is -2.17. The fourth-order valence-corrected chi connectivity index (χ4v) is 2.01. The second kappa shape index (κ2) is 8.04. The Kier molecular flexibility index (Phi) is 6.71. The quantitative estimate of drug-likeness (QED) is 0.714. The van der Waals surface area contributed by atoms with E-state index in [1.807, 2.05) is 25.5 Å². The predicted octanol–water partition coefficient (Wildman–Crippen LogP) is 1.78. The Hall–Kier alpha value is -1.36. The van der Waals surface area contributed by atoms with Crippen LogP contribution >= 0.6 is 0 Å². The third kappa shape index (κ3) is 5.33. The maximum absolute atomic E-state index is 11.8. The summed E-state index contributed by atoms with van der Waals surface area (Å²) in [7, 11) is 0. The molecule has 5 heteroatoms. The van der Waals surface area contributed by atoms with E-state index in [-0.39, 0.29) is 18.0 Å². The molecule has 1 rings (SSSR count). The molecule has 2 unspecified atom stereocenters. The van der Waals surface area contributed by atoms with Crippen molar-refractivity contribution < 1.29 is 4.79 Å². The van der Waals surface area contributed by atoms with Gasteiger partial charge in [0.2, 0.25) is 5.91 Å². The summed E-state index contributed by atoms with van der Waals surface area (Å²) in [5.41, 5.74) is 2.24. The number of aromatic nitrogens is 2. The van der Waals surface area contributed by atoms with Gasteiger partial charge in [0, 0.05) is 18.3 Å². The standard InChI is InChI=1S/C15H28N4O/c1-6-11(2)17-15(20)14(5)16-8-7-9-19-13(4)10-12(3)18-19/h10-11,14,16H,6-9H2,1-5H3,(H,17,20). The SMILES string of the molecule is CCC(C)NC(=O)C(C)NCCCn1nc(C)cc1C. The van der Waals surface area contributed by atoms with Gasteiger partial charge in [-0.15, -0.1) is 0 Å². The van der Waals surface area contributed by atoms with Crippen molar-refractivity contribution in [3.8, 4) is 0 Å². The zero-order valence-corrected chi connectivity index (χ0v) is 13.4. The highest BCUT2D eigenvalue weighted by molar-refractivity contribution is 5.81. The predicted molar refractivity (Wildman–Crippen MR) is 81.7 cm³/mol. The Morgan fingerprint density at radius 3 is 2.65 bits per heavy atom. The molecule has 0 aromatic carbocycles. The lowest BCUT2D eigenvalue weighted by Crippen LogP contribution is -2.45. The van der Waals surface area contributed by atoms with Crippen molar-refractivity contribution >= 4 is 5.91 Å². The fourth-order valence-electron chi connectivity index (χ4n) is 2.01. The maximum Gasteiger partial charge on any atom is 0.237 e. The summed E-state index contributed by atoms with van der Waals surface area (Å²) in [4.78, 5) is 11.8. The van der Waals surface area contributed by atoms with Crippen molar-refractivity contribution in [2.75, 3.05) is 6.54 Å². The van der Waals surface area contributed by atoms with Crippen molar-refractivity contribution in [3.05, 3.63) is 17.5 Å². The summed E-state index contributed by atoms with van der Waals surface area (Å²) >= 11 is 0. The average molecular weight is 280 g/mol. The van der Waals surface area contributed by atoms with Crippen LogP contribution in [0.5, 0.6) is 0 Å². The molecule has 0 aliphatic rings. The molecule has 0 bridgehead atoms. The molecule has 0 aliphatic heterocycles. The van der Waals surface area contributed by atoms with Gasteiger partial charge in [-0.3, -0.25) is 9.48 Å². The molecule has 1 aromatic heterocycles. The van der Waals surface area contributed by atoms with Gasteiger partial charge in [0.1, 0.15) is 0 Å². The molecule has 0 fully saturated rings. The van der Waals surface area contributed by atoms with Crippen molar-refractivity contribution in [2.45, 2.75) is 66.1 Å². The van der Waals surface area contributed by atoms with Gasteiger partial charge in [0.15, 0.2) is 0 Å². The minimum absolute atomic E-state index is 0.0745. The zero-order chi connectivity index (χ0) is 15.1. The first-order valence-corrected chi connectivity index (χ1v) is 7.48. The van der Waals surface area contributed by atoms with Gasteiger partial charge < -0.3 is 10.6 Å². The molecule has 1 amide bonds. The van der Waals surface area contributed by atoms with E-state index in [0.717, 1.165) is 31.6 Å². The van der Waals surface area contributed by atoms with Crippen LogP contribution in [0.3, 0.4) is 0 Å². The number of nitrogens with one attached hydrogen (secondary N) is 2. The van der Waals surface area contributed by atoms with E-state index in [1.165, 1.54) is 5.69 Å². The summed E-state index contributed by atoms with van der Waals surface area (Å²) < 4.78 is 2.01. The van der Waals surface area contributed by atoms with Crippen LogP contribution in [-0.2, 0) is 11.3 Å². The van der Waals surface area contributed by atoms with E-state index in [9.17, 15) is 4.79 Å². The Morgan fingerprint density at radius 2 is 2.10 bits per heavy atom. The zero-order valence-electron chi connectivity index (χ0n) is 13.4. The van der Waals surface area contributed by atoms with Crippen LogP contribution in [0.1, 0.15) is 45.0 Å². The third-order valence-corrected chi connectivity index (χ3v) is 3.49. The number of aryl methyl sites for hydroxylation is 3. The molecule has 0 aliphatic carbocycles. The van der Waals surface area contributed by atoms with Gasteiger partial charge in [-0.2, -0.15) is 5.10 Å². The first kappa shape index (κ1) is 16.7. The average Bonchev–Trinajstić information content (AvgIpc) is 2.72. The number of hydrogen-bond acceptors (Lipinski definition) is 3. The number of carbonyl (C=O) groups is 1. The minimum atomic E-state index is -0.149. The topological polar surface area (TPSA) is 59.0 Å². The normalized spacial score (nSPS) is 14.1. The largest absolute Gasteiger partial charge is 0.352 e. The maximum atomic E-state index is 11.8. The van der Waals surface area contributed by atoms with Crippen LogP contribution < -0.4 is 10.6 Å². The van der Waals surface area contributed by atoms with Gasteiger partial charge in [0.05, 0.1) is 11.7 Å². The highest BCUT2D eigenvalue weighted by atomic mass is 16.2. The highest BCUT2D eigenvalue weighted by Gasteiger charge is 2.13. The minimum Gasteiger partial charge on any atom is -0.352 e. The molecule has 114 valence electrons. The summed E-state index contributed by atoms with van der Waals surface area (Å²) in [5.74, 6) is 0.0745. The molecule has 1 aromatic rings. The highest BCUT2D eigenvalue weighted by Crippen LogP contribution is 2.02. The Labute approximate surface area is 122 Å². The number of amides is 1. The molecule has 2 atom stereocenters.